The van der Waals surface area contributed by atoms with E-state index in [-0.39, 0.29) is 18.9 Å². The number of nitrogens with zero attached hydrogens (tertiary/aromatic N) is 1. The Balaban J connectivity index is 1.43. The average molecular weight is 392 g/mol. The Bertz CT molecular complexity index is 1090. The van der Waals surface area contributed by atoms with Gasteiger partial charge in [0.15, 0.2) is 0 Å². The number of rotatable bonds is 6. The van der Waals surface area contributed by atoms with Crippen molar-refractivity contribution >= 4 is 34.4 Å². The van der Waals surface area contributed by atoms with Gasteiger partial charge in [-0.1, -0.05) is 24.3 Å². The van der Waals surface area contributed by atoms with Crippen LogP contribution in [0.3, 0.4) is 0 Å². The van der Waals surface area contributed by atoms with E-state index in [4.69, 9.17) is 4.74 Å². The molecule has 1 atom stereocenters. The van der Waals surface area contributed by atoms with Gasteiger partial charge in [-0.3, -0.25) is 14.5 Å². The van der Waals surface area contributed by atoms with E-state index in [0.717, 1.165) is 15.8 Å². The molecule has 1 aliphatic heterocycles. The summed E-state index contributed by atoms with van der Waals surface area (Å²) < 4.78 is 5.28. The van der Waals surface area contributed by atoms with E-state index >= 15 is 0 Å². The third-order valence-corrected chi connectivity index (χ3v) is 4.89. The molecule has 2 aromatic carbocycles. The summed E-state index contributed by atoms with van der Waals surface area (Å²) in [6.45, 7) is 0.0788. The molecule has 3 N–H and O–H groups in total. The van der Waals surface area contributed by atoms with Crippen molar-refractivity contribution in [2.24, 2.45) is 0 Å². The van der Waals surface area contributed by atoms with Gasteiger partial charge in [-0.15, -0.1) is 0 Å². The predicted octanol–water partition coefficient (Wildman–Crippen LogP) is 2.63. The molecule has 4 amide bonds. The largest absolute Gasteiger partial charge is 0.496 e. The standard InChI is InChI=1S/C21H20N4O4/c1-29-18-8-3-2-5-13(18)12-25-20(27)17(24-21(25)28)11-19(26)23-16-7-4-6-15-14(16)9-10-22-15/h2-10,17,22H,11-12H2,1H3,(H,23,26)(H,24,28)/t17-/m1/s1. The van der Waals surface area contributed by atoms with Gasteiger partial charge < -0.3 is 20.4 Å². The smallest absolute Gasteiger partial charge is 0.325 e. The molecule has 0 spiro atoms. The van der Waals surface area contributed by atoms with Crippen LogP contribution >= 0.6 is 0 Å². The first-order valence-electron chi connectivity index (χ1n) is 9.16. The number of hydrogen-bond donors (Lipinski definition) is 3. The number of fused-ring (bicyclic) bond motifs is 1. The highest BCUT2D eigenvalue weighted by Gasteiger charge is 2.39. The molecule has 1 fully saturated rings. The lowest BCUT2D eigenvalue weighted by Gasteiger charge is -2.15. The molecule has 0 bridgehead atoms. The number of carbonyl (C=O) groups excluding carboxylic acids is 3. The number of nitrogens with one attached hydrogen (secondary N) is 3. The summed E-state index contributed by atoms with van der Waals surface area (Å²) in [5.41, 5.74) is 2.26. The molecule has 0 aliphatic carbocycles. The number of hydrogen-bond acceptors (Lipinski definition) is 4. The van der Waals surface area contributed by atoms with E-state index in [0.29, 0.717) is 17.0 Å². The zero-order chi connectivity index (χ0) is 20.4. The maximum absolute atomic E-state index is 12.7. The highest BCUT2D eigenvalue weighted by atomic mass is 16.5. The van der Waals surface area contributed by atoms with Gasteiger partial charge in [0, 0.05) is 22.7 Å². The van der Waals surface area contributed by atoms with Gasteiger partial charge in [0.25, 0.3) is 5.91 Å². The lowest BCUT2D eigenvalue weighted by atomic mass is 10.1. The molecule has 1 aromatic heterocycles. The van der Waals surface area contributed by atoms with Gasteiger partial charge in [0.1, 0.15) is 11.8 Å². The Morgan fingerprint density at radius 3 is 2.79 bits per heavy atom. The van der Waals surface area contributed by atoms with Crippen LogP contribution in [0.4, 0.5) is 10.5 Å². The van der Waals surface area contributed by atoms with Crippen molar-refractivity contribution in [3.63, 3.8) is 0 Å². The van der Waals surface area contributed by atoms with Gasteiger partial charge in [0.05, 0.1) is 25.8 Å². The second-order valence-corrected chi connectivity index (χ2v) is 6.74. The van der Waals surface area contributed by atoms with Crippen LogP contribution in [0.15, 0.2) is 54.7 Å². The lowest BCUT2D eigenvalue weighted by Crippen LogP contribution is -2.34. The quantitative estimate of drug-likeness (QED) is 0.561. The van der Waals surface area contributed by atoms with E-state index in [1.807, 2.05) is 30.3 Å². The number of ether oxygens (including phenoxy) is 1. The highest BCUT2D eigenvalue weighted by molar-refractivity contribution is 6.08. The van der Waals surface area contributed by atoms with Gasteiger partial charge in [-0.2, -0.15) is 0 Å². The molecule has 0 radical (unpaired) electrons. The number of urea groups is 1. The van der Waals surface area contributed by atoms with Crippen LogP contribution in [0, 0.1) is 0 Å². The number of methoxy groups -OCH3 is 1. The second-order valence-electron chi connectivity index (χ2n) is 6.74. The number of imide groups is 1. The molecule has 8 nitrogen and oxygen atoms in total. The normalized spacial score (nSPS) is 16.2. The SMILES string of the molecule is COc1ccccc1CN1C(=O)N[C@H](CC(=O)Nc2cccc3[nH]ccc23)C1=O. The fourth-order valence-electron chi connectivity index (χ4n) is 3.45. The van der Waals surface area contributed by atoms with Crippen LogP contribution < -0.4 is 15.4 Å². The minimum Gasteiger partial charge on any atom is -0.496 e. The van der Waals surface area contributed by atoms with Gasteiger partial charge in [-0.05, 0) is 24.3 Å². The van der Waals surface area contributed by atoms with Gasteiger partial charge >= 0.3 is 6.03 Å². The fraction of sp³-hybridized carbons (Fsp3) is 0.190. The number of H-pyrrole nitrogens is 1. The Labute approximate surface area is 166 Å². The minimum atomic E-state index is -0.900. The minimum absolute atomic E-state index is 0.0788. The van der Waals surface area contributed by atoms with Crippen molar-refractivity contribution in [2.75, 3.05) is 12.4 Å². The zero-order valence-electron chi connectivity index (χ0n) is 15.8. The molecule has 148 valence electrons. The van der Waals surface area contributed by atoms with E-state index in [1.54, 1.807) is 24.4 Å². The first-order chi connectivity index (χ1) is 14.1. The van der Waals surface area contributed by atoms with E-state index in [9.17, 15) is 14.4 Å². The number of anilines is 1. The summed E-state index contributed by atoms with van der Waals surface area (Å²) in [6, 6.07) is 13.1. The molecular formula is C21H20N4O4. The summed E-state index contributed by atoms with van der Waals surface area (Å²) in [7, 11) is 1.53. The molecule has 2 heterocycles. The number of carbonyl (C=O) groups is 3. The second kappa shape index (κ2) is 7.67. The Morgan fingerprint density at radius 2 is 1.97 bits per heavy atom. The van der Waals surface area contributed by atoms with E-state index in [2.05, 4.69) is 15.6 Å². The molecule has 4 rings (SSSR count). The summed E-state index contributed by atoms with van der Waals surface area (Å²) >= 11 is 0. The van der Waals surface area contributed by atoms with Gasteiger partial charge in [0.2, 0.25) is 5.91 Å². The van der Waals surface area contributed by atoms with Crippen LogP contribution in [0.25, 0.3) is 10.9 Å². The van der Waals surface area contributed by atoms with Crippen LogP contribution in [0.2, 0.25) is 0 Å². The highest BCUT2D eigenvalue weighted by Crippen LogP contribution is 2.24. The fourth-order valence-corrected chi connectivity index (χ4v) is 3.45. The molecule has 0 saturated carbocycles. The van der Waals surface area contributed by atoms with Crippen molar-refractivity contribution in [3.8, 4) is 5.75 Å². The van der Waals surface area contributed by atoms with Crippen LogP contribution in [-0.4, -0.2) is 40.9 Å². The van der Waals surface area contributed by atoms with Crippen molar-refractivity contribution in [3.05, 3.63) is 60.3 Å². The van der Waals surface area contributed by atoms with E-state index < -0.39 is 18.0 Å². The van der Waals surface area contributed by atoms with Crippen molar-refractivity contribution in [2.45, 2.75) is 19.0 Å². The number of aromatic nitrogens is 1. The molecule has 3 aromatic rings. The number of para-hydroxylation sites is 1. The summed E-state index contributed by atoms with van der Waals surface area (Å²) in [6.07, 6.45) is 1.64. The summed E-state index contributed by atoms with van der Waals surface area (Å²) in [5.74, 6) is -0.193. The van der Waals surface area contributed by atoms with E-state index in [1.165, 1.54) is 7.11 Å². The van der Waals surface area contributed by atoms with Crippen molar-refractivity contribution in [1.29, 1.82) is 0 Å². The van der Waals surface area contributed by atoms with Crippen LogP contribution in [0.1, 0.15) is 12.0 Å². The Kier molecular flexibility index (Phi) is 4.90. The molecule has 1 aliphatic rings. The Morgan fingerprint density at radius 1 is 1.14 bits per heavy atom. The number of benzene rings is 2. The maximum Gasteiger partial charge on any atom is 0.325 e. The number of amides is 4. The first-order valence-corrected chi connectivity index (χ1v) is 9.16. The van der Waals surface area contributed by atoms with Gasteiger partial charge in [-0.25, -0.2) is 4.79 Å². The van der Waals surface area contributed by atoms with Crippen LogP contribution in [-0.2, 0) is 16.1 Å². The molecule has 1 saturated heterocycles. The monoisotopic (exact) mass is 392 g/mol. The summed E-state index contributed by atoms with van der Waals surface area (Å²) in [5, 5.41) is 6.28. The third-order valence-electron chi connectivity index (χ3n) is 4.89. The molecule has 0 unspecified atom stereocenters. The van der Waals surface area contributed by atoms with Crippen molar-refractivity contribution < 1.29 is 19.1 Å². The first kappa shape index (κ1) is 18.5. The predicted molar refractivity (Wildman–Crippen MR) is 107 cm³/mol. The maximum atomic E-state index is 12.7. The number of aromatic amines is 1. The van der Waals surface area contributed by atoms with Crippen molar-refractivity contribution in [1.82, 2.24) is 15.2 Å². The molecular weight excluding hydrogens is 372 g/mol. The van der Waals surface area contributed by atoms with Crippen LogP contribution in [0.5, 0.6) is 5.75 Å². The molecule has 8 heteroatoms. The molecule has 29 heavy (non-hydrogen) atoms. The topological polar surface area (TPSA) is 104 Å². The lowest BCUT2D eigenvalue weighted by molar-refractivity contribution is -0.130. The third kappa shape index (κ3) is 3.64. The average Bonchev–Trinajstić information content (AvgIpc) is 3.29. The Hall–Kier alpha value is -3.81. The summed E-state index contributed by atoms with van der Waals surface area (Å²) in [4.78, 5) is 41.7. The zero-order valence-corrected chi connectivity index (χ0v) is 15.8.